The first-order valence-corrected chi connectivity index (χ1v) is 7.55. The number of esters is 1. The fraction of sp³-hybridized carbons (Fsp3) is 0.438. The second-order valence-corrected chi connectivity index (χ2v) is 5.88. The SMILES string of the molecule is COC(=O)C1CCC(c2nccc3cnc(Cl)cc23)CC1. The van der Waals surface area contributed by atoms with Gasteiger partial charge in [0.1, 0.15) is 5.15 Å². The van der Waals surface area contributed by atoms with Gasteiger partial charge in [-0.15, -0.1) is 0 Å². The lowest BCUT2D eigenvalue weighted by molar-refractivity contribution is -0.146. The highest BCUT2D eigenvalue weighted by Gasteiger charge is 2.29. The number of carbonyl (C=O) groups excluding carboxylic acids is 1. The standard InChI is InChI=1S/C16H17ClN2O2/c1-21-16(20)11-4-2-10(3-5-11)15-13-8-14(17)19-9-12(13)6-7-18-15/h6-11H,2-5H2,1H3. The molecule has 21 heavy (non-hydrogen) atoms. The van der Waals surface area contributed by atoms with E-state index in [1.54, 1.807) is 6.20 Å². The smallest absolute Gasteiger partial charge is 0.308 e. The average molecular weight is 305 g/mol. The molecular formula is C16H17ClN2O2. The highest BCUT2D eigenvalue weighted by Crippen LogP contribution is 2.38. The van der Waals surface area contributed by atoms with Crippen LogP contribution in [-0.4, -0.2) is 23.0 Å². The zero-order valence-electron chi connectivity index (χ0n) is 11.9. The van der Waals surface area contributed by atoms with E-state index in [-0.39, 0.29) is 11.9 Å². The van der Waals surface area contributed by atoms with Crippen molar-refractivity contribution >= 4 is 28.3 Å². The minimum Gasteiger partial charge on any atom is -0.469 e. The van der Waals surface area contributed by atoms with Crippen molar-refractivity contribution in [2.45, 2.75) is 31.6 Å². The van der Waals surface area contributed by atoms with E-state index in [0.29, 0.717) is 11.1 Å². The monoisotopic (exact) mass is 304 g/mol. The molecule has 0 aromatic carbocycles. The molecule has 0 atom stereocenters. The normalized spacial score (nSPS) is 22.2. The van der Waals surface area contributed by atoms with E-state index in [9.17, 15) is 4.79 Å². The second-order valence-electron chi connectivity index (χ2n) is 5.50. The van der Waals surface area contributed by atoms with Crippen LogP contribution in [-0.2, 0) is 9.53 Å². The van der Waals surface area contributed by atoms with Gasteiger partial charge in [0.05, 0.1) is 18.7 Å². The molecule has 0 unspecified atom stereocenters. The van der Waals surface area contributed by atoms with Gasteiger partial charge in [-0.2, -0.15) is 0 Å². The molecule has 110 valence electrons. The lowest BCUT2D eigenvalue weighted by Gasteiger charge is -2.27. The van der Waals surface area contributed by atoms with Gasteiger partial charge >= 0.3 is 5.97 Å². The zero-order chi connectivity index (χ0) is 14.8. The Labute approximate surface area is 128 Å². The highest BCUT2D eigenvalue weighted by molar-refractivity contribution is 6.30. The minimum absolute atomic E-state index is 0.0338. The van der Waals surface area contributed by atoms with E-state index in [1.165, 1.54) is 7.11 Å². The van der Waals surface area contributed by atoms with Gasteiger partial charge < -0.3 is 4.74 Å². The third kappa shape index (κ3) is 2.86. The first-order chi connectivity index (χ1) is 10.2. The number of halogens is 1. The lowest BCUT2D eigenvalue weighted by atomic mass is 9.79. The van der Waals surface area contributed by atoms with Crippen LogP contribution in [0.3, 0.4) is 0 Å². The van der Waals surface area contributed by atoms with Crippen molar-refractivity contribution in [3.63, 3.8) is 0 Å². The molecule has 1 aliphatic rings. The van der Waals surface area contributed by atoms with E-state index in [1.807, 2.05) is 18.3 Å². The molecule has 1 saturated carbocycles. The summed E-state index contributed by atoms with van der Waals surface area (Å²) < 4.78 is 4.84. The third-order valence-corrected chi connectivity index (χ3v) is 4.50. The van der Waals surface area contributed by atoms with Crippen molar-refractivity contribution in [1.82, 2.24) is 9.97 Å². The van der Waals surface area contributed by atoms with Gasteiger partial charge in [0.25, 0.3) is 0 Å². The predicted octanol–water partition coefficient (Wildman–Crippen LogP) is 3.73. The lowest BCUT2D eigenvalue weighted by Crippen LogP contribution is -2.22. The molecule has 4 nitrogen and oxygen atoms in total. The van der Waals surface area contributed by atoms with E-state index in [4.69, 9.17) is 16.3 Å². The number of methoxy groups -OCH3 is 1. The molecule has 0 bridgehead atoms. The molecule has 0 spiro atoms. The summed E-state index contributed by atoms with van der Waals surface area (Å²) in [5.74, 6) is 0.311. The predicted molar refractivity (Wildman–Crippen MR) is 81.3 cm³/mol. The van der Waals surface area contributed by atoms with Crippen LogP contribution in [0.25, 0.3) is 10.8 Å². The Kier molecular flexibility index (Phi) is 4.06. The number of carbonyl (C=O) groups is 1. The van der Waals surface area contributed by atoms with Crippen molar-refractivity contribution in [1.29, 1.82) is 0 Å². The molecule has 0 aliphatic heterocycles. The first-order valence-electron chi connectivity index (χ1n) is 7.17. The fourth-order valence-electron chi connectivity index (χ4n) is 3.16. The first kappa shape index (κ1) is 14.3. The molecule has 5 heteroatoms. The van der Waals surface area contributed by atoms with Gasteiger partial charge in [-0.1, -0.05) is 11.6 Å². The van der Waals surface area contributed by atoms with Crippen LogP contribution < -0.4 is 0 Å². The quantitative estimate of drug-likeness (QED) is 0.626. The van der Waals surface area contributed by atoms with Crippen molar-refractivity contribution < 1.29 is 9.53 Å². The Morgan fingerprint density at radius 3 is 2.76 bits per heavy atom. The maximum Gasteiger partial charge on any atom is 0.308 e. The van der Waals surface area contributed by atoms with Gasteiger partial charge in [-0.05, 0) is 37.8 Å². The van der Waals surface area contributed by atoms with Crippen LogP contribution in [0.15, 0.2) is 24.5 Å². The molecule has 0 amide bonds. The van der Waals surface area contributed by atoms with Gasteiger partial charge in [0.15, 0.2) is 0 Å². The number of nitrogens with zero attached hydrogens (tertiary/aromatic N) is 2. The van der Waals surface area contributed by atoms with Crippen LogP contribution in [0.5, 0.6) is 0 Å². The molecule has 2 aromatic rings. The molecule has 2 aromatic heterocycles. The second kappa shape index (κ2) is 5.98. The van der Waals surface area contributed by atoms with Crippen molar-refractivity contribution in [2.24, 2.45) is 5.92 Å². The largest absolute Gasteiger partial charge is 0.469 e. The summed E-state index contributed by atoms with van der Waals surface area (Å²) in [6, 6.07) is 3.83. The van der Waals surface area contributed by atoms with Crippen LogP contribution in [0, 0.1) is 5.92 Å². The van der Waals surface area contributed by atoms with E-state index in [0.717, 1.165) is 42.1 Å². The summed E-state index contributed by atoms with van der Waals surface area (Å²) in [7, 11) is 1.45. The maximum absolute atomic E-state index is 11.6. The summed E-state index contributed by atoms with van der Waals surface area (Å²) in [5.41, 5.74) is 1.07. The number of ether oxygens (including phenoxy) is 1. The third-order valence-electron chi connectivity index (χ3n) is 4.29. The van der Waals surface area contributed by atoms with Crippen LogP contribution >= 0.6 is 11.6 Å². The van der Waals surface area contributed by atoms with Gasteiger partial charge in [-0.25, -0.2) is 4.98 Å². The van der Waals surface area contributed by atoms with Crippen LogP contribution in [0.2, 0.25) is 5.15 Å². The van der Waals surface area contributed by atoms with Crippen LogP contribution in [0.4, 0.5) is 0 Å². The number of fused-ring (bicyclic) bond motifs is 1. The number of pyridine rings is 2. The summed E-state index contributed by atoms with van der Waals surface area (Å²) in [6.07, 6.45) is 7.21. The van der Waals surface area contributed by atoms with Gasteiger partial charge in [0, 0.05) is 29.1 Å². The summed E-state index contributed by atoms with van der Waals surface area (Å²) in [5, 5.41) is 2.61. The molecule has 0 radical (unpaired) electrons. The summed E-state index contributed by atoms with van der Waals surface area (Å²) >= 11 is 6.01. The van der Waals surface area contributed by atoms with Crippen molar-refractivity contribution in [3.8, 4) is 0 Å². The molecule has 1 aliphatic carbocycles. The van der Waals surface area contributed by atoms with Gasteiger partial charge in [-0.3, -0.25) is 9.78 Å². The Bertz CT molecular complexity index is 666. The molecular weight excluding hydrogens is 288 g/mol. The Balaban J connectivity index is 1.85. The molecule has 0 saturated heterocycles. The topological polar surface area (TPSA) is 52.1 Å². The number of hydrogen-bond acceptors (Lipinski definition) is 4. The van der Waals surface area contributed by atoms with Crippen LogP contribution in [0.1, 0.15) is 37.3 Å². The van der Waals surface area contributed by atoms with Crippen molar-refractivity contribution in [3.05, 3.63) is 35.4 Å². The molecule has 2 heterocycles. The summed E-state index contributed by atoms with van der Waals surface area (Å²) in [4.78, 5) is 20.3. The zero-order valence-corrected chi connectivity index (χ0v) is 12.6. The van der Waals surface area contributed by atoms with E-state index in [2.05, 4.69) is 9.97 Å². The number of rotatable bonds is 2. The summed E-state index contributed by atoms with van der Waals surface area (Å²) in [6.45, 7) is 0. The molecule has 3 rings (SSSR count). The Morgan fingerprint density at radius 2 is 2.05 bits per heavy atom. The van der Waals surface area contributed by atoms with E-state index >= 15 is 0 Å². The molecule has 0 N–H and O–H groups in total. The Morgan fingerprint density at radius 1 is 1.29 bits per heavy atom. The van der Waals surface area contributed by atoms with Crippen molar-refractivity contribution in [2.75, 3.05) is 7.11 Å². The number of aromatic nitrogens is 2. The maximum atomic E-state index is 11.6. The van der Waals surface area contributed by atoms with Gasteiger partial charge in [0.2, 0.25) is 0 Å². The minimum atomic E-state index is -0.0911. The highest BCUT2D eigenvalue weighted by atomic mass is 35.5. The average Bonchev–Trinajstić information content (AvgIpc) is 2.53. The fourth-order valence-corrected chi connectivity index (χ4v) is 3.31. The van der Waals surface area contributed by atoms with E-state index < -0.39 is 0 Å². The number of hydrogen-bond donors (Lipinski definition) is 0. The molecule has 1 fully saturated rings. The Hall–Kier alpha value is -1.68.